The normalized spacial score (nSPS) is 19.6. The Hall–Kier alpha value is -2.92. The number of piperidine rings is 1. The maximum Gasteiger partial charge on any atom is 0.266 e. The predicted octanol–water partition coefficient (Wildman–Crippen LogP) is 4.56. The Balaban J connectivity index is 1.69. The molecule has 2 atom stereocenters. The molecule has 0 radical (unpaired) electrons. The van der Waals surface area contributed by atoms with E-state index in [-0.39, 0.29) is 23.3 Å². The average molecular weight is 420 g/mol. The van der Waals surface area contributed by atoms with E-state index < -0.39 is 15.9 Å². The van der Waals surface area contributed by atoms with Crippen LogP contribution in [0, 0.1) is 12.8 Å². The summed E-state index contributed by atoms with van der Waals surface area (Å²) in [5.41, 5.74) is 3.09. The highest BCUT2D eigenvalue weighted by Crippen LogP contribution is 2.38. The molecule has 3 aromatic carbocycles. The maximum atomic E-state index is 13.5. The molecule has 0 unspecified atom stereocenters. The van der Waals surface area contributed by atoms with Crippen LogP contribution in [0.15, 0.2) is 89.8 Å². The number of hydrogen-bond donors (Lipinski definition) is 0. The van der Waals surface area contributed by atoms with Crippen molar-refractivity contribution in [2.24, 2.45) is 5.92 Å². The van der Waals surface area contributed by atoms with Gasteiger partial charge in [-0.2, -0.15) is 0 Å². The third-order valence-electron chi connectivity index (χ3n) is 5.83. The molecule has 1 saturated heterocycles. The SMILES string of the molecule is Cc1ccc(S(=O)(=O)N2CC[C@H](c3ccccc3)[C@H](Cc3ccccc3)C2=O)cc1. The van der Waals surface area contributed by atoms with Crippen LogP contribution in [0.25, 0.3) is 0 Å². The van der Waals surface area contributed by atoms with Crippen molar-refractivity contribution in [3.63, 3.8) is 0 Å². The van der Waals surface area contributed by atoms with Crippen molar-refractivity contribution >= 4 is 15.9 Å². The lowest BCUT2D eigenvalue weighted by Crippen LogP contribution is -2.48. The van der Waals surface area contributed by atoms with Gasteiger partial charge in [0, 0.05) is 6.54 Å². The van der Waals surface area contributed by atoms with Crippen molar-refractivity contribution in [3.05, 3.63) is 102 Å². The molecule has 1 fully saturated rings. The Bertz CT molecular complexity index is 1110. The number of amides is 1. The molecule has 0 N–H and O–H groups in total. The first-order valence-corrected chi connectivity index (χ1v) is 11.6. The van der Waals surface area contributed by atoms with Crippen LogP contribution in [0.2, 0.25) is 0 Å². The summed E-state index contributed by atoms with van der Waals surface area (Å²) in [6.07, 6.45) is 1.12. The number of sulfonamides is 1. The molecule has 0 aromatic heterocycles. The number of carbonyl (C=O) groups excluding carboxylic acids is 1. The van der Waals surface area contributed by atoms with Gasteiger partial charge in [0.2, 0.25) is 5.91 Å². The fraction of sp³-hybridized carbons (Fsp3) is 0.240. The highest BCUT2D eigenvalue weighted by Gasteiger charge is 2.42. The number of rotatable bonds is 5. The lowest BCUT2D eigenvalue weighted by molar-refractivity contribution is -0.133. The van der Waals surface area contributed by atoms with Gasteiger partial charge in [0.15, 0.2) is 0 Å². The van der Waals surface area contributed by atoms with Gasteiger partial charge < -0.3 is 0 Å². The van der Waals surface area contributed by atoms with Crippen molar-refractivity contribution in [1.82, 2.24) is 4.31 Å². The standard InChI is InChI=1S/C25H25NO3S/c1-19-12-14-22(15-13-19)30(28,29)26-17-16-23(21-10-6-3-7-11-21)24(25(26)27)18-20-8-4-2-5-9-20/h2-15,23-24H,16-18H2,1H3/t23-,24+/m1/s1. The molecule has 0 bridgehead atoms. The summed E-state index contributed by atoms with van der Waals surface area (Å²) < 4.78 is 27.6. The van der Waals surface area contributed by atoms with Gasteiger partial charge >= 0.3 is 0 Å². The number of hydrogen-bond acceptors (Lipinski definition) is 3. The molecule has 0 spiro atoms. The van der Waals surface area contributed by atoms with Crippen LogP contribution in [0.3, 0.4) is 0 Å². The largest absolute Gasteiger partial charge is 0.273 e. The Kier molecular flexibility index (Phi) is 5.73. The van der Waals surface area contributed by atoms with E-state index in [4.69, 9.17) is 0 Å². The van der Waals surface area contributed by atoms with E-state index in [9.17, 15) is 13.2 Å². The summed E-state index contributed by atoms with van der Waals surface area (Å²) in [4.78, 5) is 13.7. The van der Waals surface area contributed by atoms with E-state index in [0.717, 1.165) is 21.0 Å². The third kappa shape index (κ3) is 4.03. The first kappa shape index (κ1) is 20.4. The molecule has 3 aromatic rings. The van der Waals surface area contributed by atoms with Crippen LogP contribution in [-0.2, 0) is 21.2 Å². The topological polar surface area (TPSA) is 54.5 Å². The summed E-state index contributed by atoms with van der Waals surface area (Å²) in [5.74, 6) is -0.758. The van der Waals surface area contributed by atoms with E-state index >= 15 is 0 Å². The molecule has 4 rings (SSSR count). The Labute approximate surface area is 178 Å². The maximum absolute atomic E-state index is 13.5. The van der Waals surface area contributed by atoms with Crippen LogP contribution in [0.5, 0.6) is 0 Å². The minimum atomic E-state index is -3.87. The molecular formula is C25H25NO3S. The third-order valence-corrected chi connectivity index (χ3v) is 7.64. The second-order valence-electron chi connectivity index (χ2n) is 7.83. The summed E-state index contributed by atoms with van der Waals surface area (Å²) in [6, 6.07) is 26.4. The van der Waals surface area contributed by atoms with Crippen LogP contribution in [0.4, 0.5) is 0 Å². The van der Waals surface area contributed by atoms with Gasteiger partial charge in [-0.25, -0.2) is 12.7 Å². The second-order valence-corrected chi connectivity index (χ2v) is 9.69. The second kappa shape index (κ2) is 8.44. The van der Waals surface area contributed by atoms with Crippen molar-refractivity contribution in [3.8, 4) is 0 Å². The van der Waals surface area contributed by atoms with Gasteiger partial charge in [-0.3, -0.25) is 4.79 Å². The zero-order chi connectivity index (χ0) is 21.1. The van der Waals surface area contributed by atoms with Crippen LogP contribution >= 0.6 is 0 Å². The Morgan fingerprint density at radius 1 is 0.867 bits per heavy atom. The van der Waals surface area contributed by atoms with E-state index in [1.54, 1.807) is 24.3 Å². The van der Waals surface area contributed by atoms with Gasteiger partial charge in [0.1, 0.15) is 0 Å². The molecule has 0 saturated carbocycles. The number of nitrogens with zero attached hydrogens (tertiary/aromatic N) is 1. The molecule has 1 aliphatic heterocycles. The smallest absolute Gasteiger partial charge is 0.266 e. The lowest BCUT2D eigenvalue weighted by Gasteiger charge is -2.37. The van der Waals surface area contributed by atoms with Gasteiger partial charge in [-0.15, -0.1) is 0 Å². The van der Waals surface area contributed by atoms with Gasteiger partial charge in [-0.05, 0) is 48.9 Å². The van der Waals surface area contributed by atoms with Gasteiger partial charge in [0.05, 0.1) is 10.8 Å². The highest BCUT2D eigenvalue weighted by molar-refractivity contribution is 7.89. The molecule has 30 heavy (non-hydrogen) atoms. The molecular weight excluding hydrogens is 394 g/mol. The van der Waals surface area contributed by atoms with Crippen LogP contribution in [0.1, 0.15) is 29.0 Å². The van der Waals surface area contributed by atoms with Crippen molar-refractivity contribution in [1.29, 1.82) is 0 Å². The van der Waals surface area contributed by atoms with Crippen LogP contribution < -0.4 is 0 Å². The molecule has 5 heteroatoms. The molecule has 0 aliphatic carbocycles. The van der Waals surface area contributed by atoms with Gasteiger partial charge in [-0.1, -0.05) is 78.4 Å². The summed E-state index contributed by atoms with van der Waals surface area (Å²) in [5, 5.41) is 0. The first-order valence-electron chi connectivity index (χ1n) is 10.2. The zero-order valence-corrected chi connectivity index (χ0v) is 17.8. The first-order chi connectivity index (χ1) is 14.5. The van der Waals surface area contributed by atoms with Gasteiger partial charge in [0.25, 0.3) is 10.0 Å². The van der Waals surface area contributed by atoms with Crippen LogP contribution in [-0.4, -0.2) is 25.2 Å². The number of aryl methyl sites for hydroxylation is 1. The minimum absolute atomic E-state index is 0.0108. The predicted molar refractivity (Wildman–Crippen MR) is 118 cm³/mol. The number of carbonyl (C=O) groups is 1. The van der Waals surface area contributed by atoms with E-state index in [2.05, 4.69) is 0 Å². The van der Waals surface area contributed by atoms with E-state index in [0.29, 0.717) is 12.8 Å². The fourth-order valence-electron chi connectivity index (χ4n) is 4.20. The molecule has 1 heterocycles. The van der Waals surface area contributed by atoms with E-state index in [1.165, 1.54) is 0 Å². The van der Waals surface area contributed by atoms with E-state index in [1.807, 2.05) is 67.6 Å². The van der Waals surface area contributed by atoms with Crippen molar-refractivity contribution in [2.45, 2.75) is 30.6 Å². The monoisotopic (exact) mass is 419 g/mol. The highest BCUT2D eigenvalue weighted by atomic mass is 32.2. The molecule has 1 amide bonds. The molecule has 4 nitrogen and oxygen atoms in total. The quantitative estimate of drug-likeness (QED) is 0.609. The minimum Gasteiger partial charge on any atom is -0.273 e. The zero-order valence-electron chi connectivity index (χ0n) is 16.9. The molecule has 1 aliphatic rings. The Morgan fingerprint density at radius 2 is 1.47 bits per heavy atom. The average Bonchev–Trinajstić information content (AvgIpc) is 2.76. The Morgan fingerprint density at radius 3 is 2.10 bits per heavy atom. The summed E-state index contributed by atoms with van der Waals surface area (Å²) in [7, 11) is -3.87. The number of benzene rings is 3. The molecule has 154 valence electrons. The summed E-state index contributed by atoms with van der Waals surface area (Å²) >= 11 is 0. The summed E-state index contributed by atoms with van der Waals surface area (Å²) in [6.45, 7) is 2.10. The lowest BCUT2D eigenvalue weighted by atomic mass is 9.77. The van der Waals surface area contributed by atoms with Crippen molar-refractivity contribution in [2.75, 3.05) is 6.54 Å². The van der Waals surface area contributed by atoms with Crippen molar-refractivity contribution < 1.29 is 13.2 Å². The fourth-order valence-corrected chi connectivity index (χ4v) is 5.65.